The van der Waals surface area contributed by atoms with E-state index in [4.69, 9.17) is 47.4 Å². The monoisotopic (exact) mass is 819 g/mol. The van der Waals surface area contributed by atoms with E-state index in [1.54, 1.807) is 0 Å². The summed E-state index contributed by atoms with van der Waals surface area (Å²) in [4.78, 5) is 0. The summed E-state index contributed by atoms with van der Waals surface area (Å²) in [6.45, 7) is 14.0. The van der Waals surface area contributed by atoms with Crippen LogP contribution in [0.15, 0.2) is 48.5 Å². The normalized spacial score (nSPS) is 11.4. The van der Waals surface area contributed by atoms with Crippen LogP contribution < -0.4 is 9.47 Å². The zero-order valence-corrected chi connectivity index (χ0v) is 36.7. The maximum absolute atomic E-state index is 5.80. The number of benzene rings is 2. The molecule has 0 aromatic heterocycles. The van der Waals surface area contributed by atoms with Crippen LogP contribution in [0.1, 0.15) is 115 Å². The zero-order chi connectivity index (χ0) is 41.1. The van der Waals surface area contributed by atoms with Crippen molar-refractivity contribution < 1.29 is 47.4 Å². The Morgan fingerprint density at radius 2 is 0.483 bits per heavy atom. The molecule has 0 saturated carbocycles. The molecular weight excluding hydrogens is 737 g/mol. The maximum atomic E-state index is 5.80. The number of rotatable bonds is 45. The van der Waals surface area contributed by atoms with Gasteiger partial charge in [-0.2, -0.15) is 0 Å². The van der Waals surface area contributed by atoms with Crippen LogP contribution in [0.2, 0.25) is 0 Å². The predicted octanol–water partition coefficient (Wildman–Crippen LogP) is 9.86. The summed E-state index contributed by atoms with van der Waals surface area (Å²) in [6.07, 6.45) is 21.1. The third-order valence-corrected chi connectivity index (χ3v) is 9.58. The SMILES string of the molecule is CCCCCCCCCc1ccc(OCCOCCOCCOCCOCCOCCOCCOCCOCCOc2ccc(CCCCCCCCC)cc2)cc1. The quantitative estimate of drug-likeness (QED) is 0.0602. The Bertz CT molecular complexity index is 1010. The van der Waals surface area contributed by atoms with E-state index >= 15 is 0 Å². The molecule has 0 spiro atoms. The molecule has 0 atom stereocenters. The first kappa shape index (κ1) is 51.9. The Labute approximate surface area is 353 Å². The minimum Gasteiger partial charge on any atom is -0.491 e. The number of aryl methyl sites for hydroxylation is 2. The lowest BCUT2D eigenvalue weighted by Gasteiger charge is -2.09. The third kappa shape index (κ3) is 33.5. The number of ether oxygens (including phenoxy) is 10. The van der Waals surface area contributed by atoms with Gasteiger partial charge in [-0.3, -0.25) is 0 Å². The van der Waals surface area contributed by atoms with E-state index < -0.39 is 0 Å². The van der Waals surface area contributed by atoms with E-state index in [1.165, 1.54) is 101 Å². The Morgan fingerprint density at radius 1 is 0.259 bits per heavy atom. The first-order valence-electron chi connectivity index (χ1n) is 22.9. The van der Waals surface area contributed by atoms with Crippen molar-refractivity contribution in [1.29, 1.82) is 0 Å². The van der Waals surface area contributed by atoms with Crippen molar-refractivity contribution in [2.45, 2.75) is 117 Å². The molecule has 58 heavy (non-hydrogen) atoms. The Morgan fingerprint density at radius 3 is 0.741 bits per heavy atom. The predicted molar refractivity (Wildman–Crippen MR) is 234 cm³/mol. The van der Waals surface area contributed by atoms with Gasteiger partial charge >= 0.3 is 0 Å². The fourth-order valence-electron chi connectivity index (χ4n) is 6.16. The molecule has 334 valence electrons. The number of hydrogen-bond donors (Lipinski definition) is 0. The van der Waals surface area contributed by atoms with Crippen molar-refractivity contribution >= 4 is 0 Å². The van der Waals surface area contributed by atoms with Crippen LogP contribution in [-0.4, -0.2) is 119 Å². The lowest BCUT2D eigenvalue weighted by Crippen LogP contribution is -2.15. The standard InChI is InChI=1S/C48H82O10/c1-3-5-7-9-11-13-15-17-45-19-23-47(24-20-45)57-43-41-55-39-37-53-35-33-51-31-29-49-27-28-50-30-32-52-34-36-54-38-40-56-42-44-58-48-25-21-46(22-26-48)18-16-14-12-10-8-6-4-2/h19-26H,3-18,27-44H2,1-2H3. The lowest BCUT2D eigenvalue weighted by atomic mass is 10.0. The molecule has 2 aromatic carbocycles. The van der Waals surface area contributed by atoms with Gasteiger partial charge in [0.2, 0.25) is 0 Å². The molecule has 0 aliphatic carbocycles. The average Bonchev–Trinajstić information content (AvgIpc) is 3.25. The molecule has 0 fully saturated rings. The van der Waals surface area contributed by atoms with Crippen LogP contribution in [0.4, 0.5) is 0 Å². The Hall–Kier alpha value is -2.28. The molecule has 0 amide bonds. The van der Waals surface area contributed by atoms with E-state index in [1.807, 2.05) is 0 Å². The first-order chi connectivity index (χ1) is 28.8. The van der Waals surface area contributed by atoms with Gasteiger partial charge in [-0.05, 0) is 61.1 Å². The van der Waals surface area contributed by atoms with Gasteiger partial charge in [-0.15, -0.1) is 0 Å². The van der Waals surface area contributed by atoms with Crippen LogP contribution in [-0.2, 0) is 50.7 Å². The molecule has 0 heterocycles. The van der Waals surface area contributed by atoms with Gasteiger partial charge in [0.1, 0.15) is 24.7 Å². The molecule has 0 saturated heterocycles. The lowest BCUT2D eigenvalue weighted by molar-refractivity contribution is -0.0241. The van der Waals surface area contributed by atoms with Crippen LogP contribution in [0.3, 0.4) is 0 Å². The second kappa shape index (κ2) is 41.5. The van der Waals surface area contributed by atoms with Crippen LogP contribution >= 0.6 is 0 Å². The van der Waals surface area contributed by atoms with Gasteiger partial charge in [0.05, 0.1) is 106 Å². The van der Waals surface area contributed by atoms with Gasteiger partial charge < -0.3 is 47.4 Å². The van der Waals surface area contributed by atoms with Crippen molar-refractivity contribution in [2.75, 3.05) is 119 Å². The van der Waals surface area contributed by atoms with Crippen LogP contribution in [0.25, 0.3) is 0 Å². The van der Waals surface area contributed by atoms with E-state index in [0.29, 0.717) is 119 Å². The molecule has 0 aliphatic heterocycles. The molecule has 0 bridgehead atoms. The van der Waals surface area contributed by atoms with Gasteiger partial charge in [-0.25, -0.2) is 0 Å². The van der Waals surface area contributed by atoms with Crippen LogP contribution in [0.5, 0.6) is 11.5 Å². The highest BCUT2D eigenvalue weighted by Gasteiger charge is 2.01. The van der Waals surface area contributed by atoms with Crippen molar-refractivity contribution in [3.63, 3.8) is 0 Å². The highest BCUT2D eigenvalue weighted by molar-refractivity contribution is 5.28. The molecule has 0 aliphatic rings. The van der Waals surface area contributed by atoms with E-state index in [0.717, 1.165) is 24.3 Å². The third-order valence-electron chi connectivity index (χ3n) is 9.58. The van der Waals surface area contributed by atoms with E-state index in [9.17, 15) is 0 Å². The average molecular weight is 819 g/mol. The van der Waals surface area contributed by atoms with Gasteiger partial charge in [0.15, 0.2) is 0 Å². The molecule has 2 rings (SSSR count). The van der Waals surface area contributed by atoms with Gasteiger partial charge in [-0.1, -0.05) is 115 Å². The Kier molecular flexibility index (Phi) is 37.1. The molecule has 0 radical (unpaired) electrons. The Balaban J connectivity index is 1.20. The summed E-state index contributed by atoms with van der Waals surface area (Å²) in [6, 6.07) is 16.9. The summed E-state index contributed by atoms with van der Waals surface area (Å²) in [5.41, 5.74) is 2.77. The van der Waals surface area contributed by atoms with Crippen molar-refractivity contribution in [2.24, 2.45) is 0 Å². The number of unbranched alkanes of at least 4 members (excludes halogenated alkanes) is 12. The van der Waals surface area contributed by atoms with Crippen molar-refractivity contribution in [3.8, 4) is 11.5 Å². The summed E-state index contributed by atoms with van der Waals surface area (Å²) in [5.74, 6) is 1.78. The summed E-state index contributed by atoms with van der Waals surface area (Å²) >= 11 is 0. The molecule has 0 unspecified atom stereocenters. The largest absolute Gasteiger partial charge is 0.491 e. The smallest absolute Gasteiger partial charge is 0.119 e. The number of hydrogen-bond acceptors (Lipinski definition) is 10. The molecule has 10 heteroatoms. The molecule has 10 nitrogen and oxygen atoms in total. The molecule has 0 N–H and O–H groups in total. The topological polar surface area (TPSA) is 92.3 Å². The summed E-state index contributed by atoms with van der Waals surface area (Å²) in [5, 5.41) is 0. The minimum absolute atomic E-state index is 0.519. The molecular formula is C48H82O10. The summed E-state index contributed by atoms with van der Waals surface area (Å²) < 4.78 is 56.1. The second-order valence-corrected chi connectivity index (χ2v) is 14.6. The van der Waals surface area contributed by atoms with E-state index in [2.05, 4.69) is 62.4 Å². The maximum Gasteiger partial charge on any atom is 0.119 e. The zero-order valence-electron chi connectivity index (χ0n) is 36.7. The van der Waals surface area contributed by atoms with Crippen molar-refractivity contribution in [3.05, 3.63) is 59.7 Å². The molecule has 2 aromatic rings. The fraction of sp³-hybridized carbons (Fsp3) is 0.750. The fourth-order valence-corrected chi connectivity index (χ4v) is 6.16. The van der Waals surface area contributed by atoms with Crippen LogP contribution in [0, 0.1) is 0 Å². The van der Waals surface area contributed by atoms with Gasteiger partial charge in [0, 0.05) is 0 Å². The second-order valence-electron chi connectivity index (χ2n) is 14.6. The summed E-state index contributed by atoms with van der Waals surface area (Å²) in [7, 11) is 0. The minimum atomic E-state index is 0.519. The van der Waals surface area contributed by atoms with E-state index in [-0.39, 0.29) is 0 Å². The first-order valence-corrected chi connectivity index (χ1v) is 22.9. The van der Waals surface area contributed by atoms with Crippen molar-refractivity contribution in [1.82, 2.24) is 0 Å². The highest BCUT2D eigenvalue weighted by Crippen LogP contribution is 2.17. The highest BCUT2D eigenvalue weighted by atomic mass is 16.6. The van der Waals surface area contributed by atoms with Gasteiger partial charge in [0.25, 0.3) is 0 Å².